The van der Waals surface area contributed by atoms with Crippen LogP contribution in [0.3, 0.4) is 0 Å². The summed E-state index contributed by atoms with van der Waals surface area (Å²) in [6.07, 6.45) is 7.17. The molecule has 3 rings (SSSR count). The molecule has 3 aromatic rings. The number of ether oxygens (including phenoxy) is 3. The van der Waals surface area contributed by atoms with Gasteiger partial charge >= 0.3 is 0 Å². The van der Waals surface area contributed by atoms with Gasteiger partial charge in [0, 0.05) is 18.3 Å². The lowest BCUT2D eigenvalue weighted by Gasteiger charge is -2.24. The molecular weight excluding hydrogens is 380 g/mol. The Bertz CT molecular complexity index is 794. The van der Waals surface area contributed by atoms with Crippen molar-refractivity contribution in [3.8, 4) is 11.5 Å². The number of benzene rings is 2. The number of aliphatic hydroxyl groups excluding tert-OH is 1. The number of aliphatic hydroxyl groups is 1. The van der Waals surface area contributed by atoms with E-state index in [4.69, 9.17) is 14.2 Å². The van der Waals surface area contributed by atoms with Gasteiger partial charge in [0.1, 0.15) is 17.7 Å². The molecule has 2 atom stereocenters. The summed E-state index contributed by atoms with van der Waals surface area (Å²) >= 11 is 0. The summed E-state index contributed by atoms with van der Waals surface area (Å²) in [5.74, 6) is 1.65. The Hall–Kier alpha value is -2.83. The van der Waals surface area contributed by atoms with Crippen molar-refractivity contribution >= 4 is 0 Å². The Balaban J connectivity index is 1.53. The molecule has 160 valence electrons. The van der Waals surface area contributed by atoms with Gasteiger partial charge in [-0.25, -0.2) is 4.98 Å². The molecule has 2 unspecified atom stereocenters. The van der Waals surface area contributed by atoms with Gasteiger partial charge < -0.3 is 23.9 Å². The van der Waals surface area contributed by atoms with Gasteiger partial charge in [0.15, 0.2) is 0 Å². The van der Waals surface area contributed by atoms with E-state index in [-0.39, 0.29) is 5.92 Å². The van der Waals surface area contributed by atoms with Gasteiger partial charge in [0.25, 0.3) is 0 Å². The molecule has 0 saturated carbocycles. The lowest BCUT2D eigenvalue weighted by Crippen LogP contribution is -2.23. The van der Waals surface area contributed by atoms with Gasteiger partial charge in [-0.2, -0.15) is 0 Å². The summed E-state index contributed by atoms with van der Waals surface area (Å²) in [7, 11) is 3.32. The molecule has 0 aliphatic rings. The van der Waals surface area contributed by atoms with Gasteiger partial charge in [-0.3, -0.25) is 0 Å². The van der Waals surface area contributed by atoms with Crippen molar-refractivity contribution in [2.75, 3.05) is 20.8 Å². The van der Waals surface area contributed by atoms with Crippen LogP contribution in [0.15, 0.2) is 67.3 Å². The summed E-state index contributed by atoms with van der Waals surface area (Å²) in [5, 5.41) is 10.8. The van der Waals surface area contributed by atoms with Gasteiger partial charge in [-0.05, 0) is 54.7 Å². The van der Waals surface area contributed by atoms with Crippen LogP contribution in [-0.4, -0.2) is 35.5 Å². The molecule has 0 spiro atoms. The monoisotopic (exact) mass is 410 g/mol. The summed E-state index contributed by atoms with van der Waals surface area (Å²) in [6.45, 7) is 0.962. The van der Waals surface area contributed by atoms with Gasteiger partial charge in [0.2, 0.25) is 0 Å². The van der Waals surface area contributed by atoms with E-state index in [9.17, 15) is 5.11 Å². The second-order valence-corrected chi connectivity index (χ2v) is 7.29. The van der Waals surface area contributed by atoms with Crippen LogP contribution in [0.4, 0.5) is 0 Å². The van der Waals surface area contributed by atoms with E-state index >= 15 is 0 Å². The van der Waals surface area contributed by atoms with Gasteiger partial charge in [-0.15, -0.1) is 0 Å². The Labute approximate surface area is 178 Å². The number of imidazole rings is 1. The molecule has 6 heteroatoms. The predicted octanol–water partition coefficient (Wildman–Crippen LogP) is 4.25. The average molecular weight is 411 g/mol. The Morgan fingerprint density at radius 1 is 0.933 bits per heavy atom. The topological polar surface area (TPSA) is 65.7 Å². The molecule has 0 radical (unpaired) electrons. The van der Waals surface area contributed by atoms with Crippen LogP contribution in [0.25, 0.3) is 0 Å². The van der Waals surface area contributed by atoms with Crippen LogP contribution >= 0.6 is 0 Å². The third-order valence-electron chi connectivity index (χ3n) is 5.21. The number of hydrogen-bond donors (Lipinski definition) is 1. The summed E-state index contributed by atoms with van der Waals surface area (Å²) < 4.78 is 18.1. The number of rotatable bonds is 12. The van der Waals surface area contributed by atoms with Crippen LogP contribution in [0.5, 0.6) is 11.5 Å². The van der Waals surface area contributed by atoms with Crippen molar-refractivity contribution in [1.82, 2.24) is 9.55 Å². The van der Waals surface area contributed by atoms with Crippen molar-refractivity contribution < 1.29 is 19.3 Å². The van der Waals surface area contributed by atoms with Crippen molar-refractivity contribution in [3.63, 3.8) is 0 Å². The van der Waals surface area contributed by atoms with E-state index in [0.717, 1.165) is 36.3 Å². The molecule has 0 aliphatic heterocycles. The Kier molecular flexibility index (Phi) is 8.30. The third kappa shape index (κ3) is 6.34. The zero-order valence-corrected chi connectivity index (χ0v) is 17.6. The fraction of sp³-hybridized carbons (Fsp3) is 0.375. The summed E-state index contributed by atoms with van der Waals surface area (Å²) in [4.78, 5) is 4.05. The van der Waals surface area contributed by atoms with Crippen LogP contribution < -0.4 is 9.47 Å². The number of aryl methyl sites for hydroxylation is 1. The zero-order valence-electron chi connectivity index (χ0n) is 17.6. The van der Waals surface area contributed by atoms with Crippen LogP contribution in [-0.2, 0) is 17.8 Å². The van der Waals surface area contributed by atoms with Crippen molar-refractivity contribution in [2.45, 2.75) is 32.1 Å². The first kappa shape index (κ1) is 21.9. The normalized spacial score (nSPS) is 13.0. The number of aromatic nitrogens is 2. The maximum atomic E-state index is 10.8. The SMILES string of the molecule is COc1ccc(CCCC(COCc2ccc(OC)cc2)C(O)n2ccnc2)cc1. The molecule has 0 fully saturated rings. The average Bonchev–Trinajstić information content (AvgIpc) is 3.33. The molecular formula is C24H30N2O4. The second-order valence-electron chi connectivity index (χ2n) is 7.29. The maximum Gasteiger partial charge on any atom is 0.136 e. The van der Waals surface area contributed by atoms with Gasteiger partial charge in [0.05, 0.1) is 33.8 Å². The summed E-state index contributed by atoms with van der Waals surface area (Å²) in [6, 6.07) is 15.9. The minimum atomic E-state index is -0.667. The zero-order chi connectivity index (χ0) is 21.2. The van der Waals surface area contributed by atoms with Gasteiger partial charge in [-0.1, -0.05) is 24.3 Å². The smallest absolute Gasteiger partial charge is 0.136 e. The fourth-order valence-electron chi connectivity index (χ4n) is 3.40. The molecule has 0 aliphatic carbocycles. The largest absolute Gasteiger partial charge is 0.497 e. The number of methoxy groups -OCH3 is 2. The van der Waals surface area contributed by atoms with Crippen molar-refractivity contribution in [1.29, 1.82) is 0 Å². The van der Waals surface area contributed by atoms with E-state index in [1.54, 1.807) is 37.5 Å². The Morgan fingerprint density at radius 2 is 1.57 bits per heavy atom. The van der Waals surface area contributed by atoms with E-state index in [1.807, 2.05) is 36.4 Å². The maximum absolute atomic E-state index is 10.8. The number of hydrogen-bond acceptors (Lipinski definition) is 5. The van der Waals surface area contributed by atoms with Crippen LogP contribution in [0, 0.1) is 5.92 Å². The first-order valence-electron chi connectivity index (χ1n) is 10.2. The highest BCUT2D eigenvalue weighted by Crippen LogP contribution is 2.23. The Morgan fingerprint density at radius 3 is 2.13 bits per heavy atom. The summed E-state index contributed by atoms with van der Waals surface area (Å²) in [5.41, 5.74) is 2.33. The minimum Gasteiger partial charge on any atom is -0.497 e. The van der Waals surface area contributed by atoms with Crippen LogP contribution in [0.1, 0.15) is 30.2 Å². The molecule has 1 N–H and O–H groups in total. The second kappa shape index (κ2) is 11.4. The first-order chi connectivity index (χ1) is 14.7. The highest BCUT2D eigenvalue weighted by Gasteiger charge is 2.20. The van der Waals surface area contributed by atoms with Crippen LogP contribution in [0.2, 0.25) is 0 Å². The van der Waals surface area contributed by atoms with E-state index < -0.39 is 6.23 Å². The molecule has 6 nitrogen and oxygen atoms in total. The lowest BCUT2D eigenvalue weighted by molar-refractivity contribution is -0.0205. The quantitative estimate of drug-likeness (QED) is 0.484. The van der Waals surface area contributed by atoms with E-state index in [2.05, 4.69) is 17.1 Å². The van der Waals surface area contributed by atoms with Crippen molar-refractivity contribution in [2.24, 2.45) is 5.92 Å². The first-order valence-corrected chi connectivity index (χ1v) is 10.2. The molecule has 0 saturated heterocycles. The highest BCUT2D eigenvalue weighted by molar-refractivity contribution is 5.27. The minimum absolute atomic E-state index is 0.0318. The number of nitrogens with zero attached hydrogens (tertiary/aromatic N) is 2. The lowest BCUT2D eigenvalue weighted by atomic mass is 9.98. The highest BCUT2D eigenvalue weighted by atomic mass is 16.5. The molecule has 0 bridgehead atoms. The fourth-order valence-corrected chi connectivity index (χ4v) is 3.40. The predicted molar refractivity (Wildman–Crippen MR) is 116 cm³/mol. The molecule has 30 heavy (non-hydrogen) atoms. The van der Waals surface area contributed by atoms with E-state index in [1.165, 1.54) is 5.56 Å². The van der Waals surface area contributed by atoms with E-state index in [0.29, 0.717) is 13.2 Å². The molecule has 1 heterocycles. The third-order valence-corrected chi connectivity index (χ3v) is 5.21. The molecule has 1 aromatic heterocycles. The van der Waals surface area contributed by atoms with Crippen molar-refractivity contribution in [3.05, 3.63) is 78.4 Å². The molecule has 0 amide bonds. The standard InChI is InChI=1S/C24H30N2O4/c1-28-22-10-6-19(7-11-22)4-3-5-21(24(27)26-15-14-25-18-26)17-30-16-20-8-12-23(29-2)13-9-20/h6-15,18,21,24,27H,3-5,16-17H2,1-2H3. The molecule has 2 aromatic carbocycles.